The Balaban J connectivity index is 1.42. The predicted molar refractivity (Wildman–Crippen MR) is 131 cm³/mol. The van der Waals surface area contributed by atoms with Crippen molar-refractivity contribution in [3.05, 3.63) is 58.7 Å². The third-order valence-corrected chi connectivity index (χ3v) is 10.3. The molecule has 2 aromatic rings. The van der Waals surface area contributed by atoms with Crippen molar-refractivity contribution in [2.75, 3.05) is 0 Å². The number of carbonyl (C=O) groups is 1. The third kappa shape index (κ3) is 3.08. The summed E-state index contributed by atoms with van der Waals surface area (Å²) in [6.45, 7) is 6.35. The Bertz CT molecular complexity index is 1190. The molecule has 1 aromatic carbocycles. The Labute approximate surface area is 206 Å². The van der Waals surface area contributed by atoms with Gasteiger partial charge in [0.25, 0.3) is 0 Å². The maximum Gasteiger partial charge on any atom is 0.306 e. The second kappa shape index (κ2) is 7.76. The van der Waals surface area contributed by atoms with E-state index < -0.39 is 17.1 Å². The van der Waals surface area contributed by atoms with Crippen LogP contribution in [0.3, 0.4) is 0 Å². The Morgan fingerprint density at radius 1 is 1.26 bits per heavy atom. The highest BCUT2D eigenvalue weighted by Gasteiger charge is 2.68. The molecule has 7 atom stereocenters. The van der Waals surface area contributed by atoms with Gasteiger partial charge in [-0.1, -0.05) is 38.5 Å². The van der Waals surface area contributed by atoms with Crippen LogP contribution in [0.1, 0.15) is 76.1 Å². The van der Waals surface area contributed by atoms with Crippen LogP contribution >= 0.6 is 0 Å². The van der Waals surface area contributed by atoms with Crippen molar-refractivity contribution in [2.45, 2.75) is 77.4 Å². The highest BCUT2D eigenvalue weighted by molar-refractivity contribution is 5.70. The van der Waals surface area contributed by atoms with Gasteiger partial charge in [-0.2, -0.15) is 5.10 Å². The maximum absolute atomic E-state index is 13.9. The number of esters is 1. The first kappa shape index (κ1) is 23.0. The normalized spacial score (nSPS) is 39.6. The molecule has 0 bridgehead atoms. The summed E-state index contributed by atoms with van der Waals surface area (Å²) in [5, 5.41) is 19.3. The van der Waals surface area contributed by atoms with Crippen molar-refractivity contribution in [1.82, 2.24) is 10.2 Å². The molecule has 186 valence electrons. The number of nitrogens with zero attached hydrogens (tertiary/aromatic N) is 1. The number of benzene rings is 1. The number of nitrogens with one attached hydrogen (secondary N) is 1. The second-order valence-corrected chi connectivity index (χ2v) is 11.8. The second-order valence-electron chi connectivity index (χ2n) is 11.8. The summed E-state index contributed by atoms with van der Waals surface area (Å²) in [6.07, 6.45) is 9.09. The van der Waals surface area contributed by atoms with Gasteiger partial charge in [0, 0.05) is 11.8 Å². The standard InChI is InChI=1S/C29H35FN2O3/c1-4-25(34)35-29(18-5-8-20(30)9-6-18)12-11-22-21-10-7-19-13-23-17(16-31-32-23)14-27(19,2)26(21)24(33)15-28(22,29)3/h5-6,8-9,13,16,21-22,24,26,33H,4,7,10-12,14-15H2,1-3H3,(H,31,32). The fraction of sp³-hybridized carbons (Fsp3) is 0.586. The first-order valence-electron chi connectivity index (χ1n) is 13.1. The van der Waals surface area contributed by atoms with E-state index in [9.17, 15) is 14.3 Å². The number of fused-ring (bicyclic) bond motifs is 6. The number of ether oxygens (including phenoxy) is 1. The summed E-state index contributed by atoms with van der Waals surface area (Å²) in [7, 11) is 0. The van der Waals surface area contributed by atoms with Crippen molar-refractivity contribution < 1.29 is 19.0 Å². The predicted octanol–water partition coefficient (Wildman–Crippen LogP) is 5.55. The largest absolute Gasteiger partial charge is 0.454 e. The van der Waals surface area contributed by atoms with Gasteiger partial charge in [0.2, 0.25) is 0 Å². The lowest BCUT2D eigenvalue weighted by atomic mass is 9.45. The monoisotopic (exact) mass is 478 g/mol. The number of aliphatic hydroxyl groups excluding tert-OH is 1. The summed E-state index contributed by atoms with van der Waals surface area (Å²) in [6, 6.07) is 6.46. The third-order valence-electron chi connectivity index (χ3n) is 10.3. The number of hydrogen-bond acceptors (Lipinski definition) is 4. The molecule has 3 saturated carbocycles. The number of hydrogen-bond donors (Lipinski definition) is 2. The minimum Gasteiger partial charge on any atom is -0.454 e. The van der Waals surface area contributed by atoms with E-state index in [0.717, 1.165) is 36.9 Å². The van der Waals surface area contributed by atoms with E-state index in [1.54, 1.807) is 12.1 Å². The van der Waals surface area contributed by atoms with E-state index in [-0.39, 0.29) is 29.5 Å². The Kier molecular flexibility index (Phi) is 5.09. The molecular formula is C29H35FN2O3. The number of aromatic nitrogens is 2. The Morgan fingerprint density at radius 2 is 2.03 bits per heavy atom. The lowest BCUT2D eigenvalue weighted by Crippen LogP contribution is -2.60. The van der Waals surface area contributed by atoms with Crippen LogP contribution < -0.4 is 0 Å². The van der Waals surface area contributed by atoms with Crippen LogP contribution in [-0.4, -0.2) is 27.4 Å². The molecule has 0 saturated heterocycles. The Morgan fingerprint density at radius 3 is 2.77 bits per heavy atom. The van der Waals surface area contributed by atoms with Crippen LogP contribution in [0.4, 0.5) is 4.39 Å². The zero-order chi connectivity index (χ0) is 24.6. The number of rotatable bonds is 3. The first-order valence-corrected chi connectivity index (χ1v) is 13.1. The average Bonchev–Trinajstić information content (AvgIpc) is 3.38. The van der Waals surface area contributed by atoms with Gasteiger partial charge in [-0.15, -0.1) is 0 Å². The molecule has 1 aromatic heterocycles. The lowest BCUT2D eigenvalue weighted by Gasteiger charge is -2.61. The highest BCUT2D eigenvalue weighted by Crippen LogP contribution is 2.70. The minimum absolute atomic E-state index is 0.109. The molecule has 5 nitrogen and oxygen atoms in total. The van der Waals surface area contributed by atoms with E-state index >= 15 is 0 Å². The average molecular weight is 479 g/mol. The SMILES string of the molecule is CCC(=O)OC1(c2ccc(F)cc2)CCC2C3CCC4=Cc5[nH]ncc5CC4(C)C3C(O)CC21C. The maximum atomic E-state index is 13.9. The Hall–Kier alpha value is -2.47. The fourth-order valence-electron chi connectivity index (χ4n) is 8.77. The molecule has 6 rings (SSSR count). The molecule has 4 aliphatic rings. The molecule has 0 aliphatic heterocycles. The molecule has 0 radical (unpaired) electrons. The first-order chi connectivity index (χ1) is 16.7. The quantitative estimate of drug-likeness (QED) is 0.567. The van der Waals surface area contributed by atoms with Gasteiger partial charge < -0.3 is 9.84 Å². The van der Waals surface area contributed by atoms with E-state index in [1.807, 2.05) is 13.1 Å². The van der Waals surface area contributed by atoms with Crippen LogP contribution in [0.15, 0.2) is 36.0 Å². The molecular weight excluding hydrogens is 443 g/mol. The topological polar surface area (TPSA) is 75.2 Å². The molecule has 2 N–H and O–H groups in total. The highest BCUT2D eigenvalue weighted by atomic mass is 19.1. The minimum atomic E-state index is -0.855. The molecule has 4 aliphatic carbocycles. The number of allylic oxidation sites excluding steroid dienone is 1. The van der Waals surface area contributed by atoms with Crippen LogP contribution in [0.5, 0.6) is 0 Å². The van der Waals surface area contributed by atoms with Crippen molar-refractivity contribution in [3.8, 4) is 0 Å². The lowest BCUT2D eigenvalue weighted by molar-refractivity contribution is -0.201. The number of halogens is 1. The van der Waals surface area contributed by atoms with Gasteiger partial charge >= 0.3 is 5.97 Å². The van der Waals surface area contributed by atoms with Crippen molar-refractivity contribution in [1.29, 1.82) is 0 Å². The van der Waals surface area contributed by atoms with Gasteiger partial charge in [0.1, 0.15) is 11.4 Å². The van der Waals surface area contributed by atoms with Crippen molar-refractivity contribution in [2.24, 2.45) is 28.6 Å². The van der Waals surface area contributed by atoms with Gasteiger partial charge in [0.15, 0.2) is 0 Å². The van der Waals surface area contributed by atoms with E-state index in [4.69, 9.17) is 4.74 Å². The molecule has 0 amide bonds. The molecule has 6 heteroatoms. The molecule has 7 unspecified atom stereocenters. The van der Waals surface area contributed by atoms with Crippen LogP contribution in [-0.2, 0) is 21.6 Å². The molecule has 35 heavy (non-hydrogen) atoms. The van der Waals surface area contributed by atoms with Crippen LogP contribution in [0.2, 0.25) is 0 Å². The van der Waals surface area contributed by atoms with E-state index in [2.05, 4.69) is 30.1 Å². The van der Waals surface area contributed by atoms with Gasteiger partial charge in [0.05, 0.1) is 18.0 Å². The molecule has 1 heterocycles. The fourth-order valence-corrected chi connectivity index (χ4v) is 8.77. The van der Waals surface area contributed by atoms with Crippen LogP contribution in [0.25, 0.3) is 6.08 Å². The van der Waals surface area contributed by atoms with E-state index in [0.29, 0.717) is 24.7 Å². The zero-order valence-electron chi connectivity index (χ0n) is 20.8. The number of H-pyrrole nitrogens is 1. The van der Waals surface area contributed by atoms with Gasteiger partial charge in [-0.05, 0) is 91.0 Å². The summed E-state index contributed by atoms with van der Waals surface area (Å²) in [5.74, 6) is 0.254. The summed E-state index contributed by atoms with van der Waals surface area (Å²) in [4.78, 5) is 12.7. The number of aromatic amines is 1. The van der Waals surface area contributed by atoms with Crippen molar-refractivity contribution >= 4 is 12.0 Å². The summed E-state index contributed by atoms with van der Waals surface area (Å²) in [5.41, 5.74) is 3.20. The van der Waals surface area contributed by atoms with E-state index in [1.165, 1.54) is 23.3 Å². The number of carbonyl (C=O) groups excluding carboxylic acids is 1. The molecule has 3 fully saturated rings. The smallest absolute Gasteiger partial charge is 0.306 e. The summed E-state index contributed by atoms with van der Waals surface area (Å²) >= 11 is 0. The van der Waals surface area contributed by atoms with Crippen molar-refractivity contribution in [3.63, 3.8) is 0 Å². The molecule has 0 spiro atoms. The van der Waals surface area contributed by atoms with Gasteiger partial charge in [-0.3, -0.25) is 9.89 Å². The van der Waals surface area contributed by atoms with Crippen LogP contribution in [0, 0.1) is 34.4 Å². The van der Waals surface area contributed by atoms with Gasteiger partial charge in [-0.25, -0.2) is 4.39 Å². The number of aliphatic hydroxyl groups is 1. The summed E-state index contributed by atoms with van der Waals surface area (Å²) < 4.78 is 20.2. The zero-order valence-corrected chi connectivity index (χ0v) is 20.8.